The van der Waals surface area contributed by atoms with Gasteiger partial charge in [-0.15, -0.1) is 0 Å². The zero-order valence-electron chi connectivity index (χ0n) is 9.83. The summed E-state index contributed by atoms with van der Waals surface area (Å²) in [4.78, 5) is 15.3. The van der Waals surface area contributed by atoms with Gasteiger partial charge in [-0.25, -0.2) is 4.98 Å². The topological polar surface area (TPSA) is 89.3 Å². The van der Waals surface area contributed by atoms with Crippen molar-refractivity contribution >= 4 is 11.6 Å². The number of rotatable bonds is 6. The molecule has 0 aromatic carbocycles. The summed E-state index contributed by atoms with van der Waals surface area (Å²) >= 11 is 0. The van der Waals surface area contributed by atoms with Gasteiger partial charge in [-0.2, -0.15) is 13.2 Å². The number of aromatic nitrogens is 1. The van der Waals surface area contributed by atoms with E-state index in [4.69, 9.17) is 5.84 Å². The zero-order chi connectivity index (χ0) is 14.3. The highest BCUT2D eigenvalue weighted by Crippen LogP contribution is 2.13. The third-order valence-corrected chi connectivity index (χ3v) is 1.96. The van der Waals surface area contributed by atoms with Crippen LogP contribution in [0.4, 0.5) is 18.9 Å². The Bertz CT molecular complexity index is 408. The van der Waals surface area contributed by atoms with Crippen LogP contribution in [0, 0.1) is 0 Å². The van der Waals surface area contributed by atoms with Gasteiger partial charge in [0.15, 0.2) is 0 Å². The molecule has 106 valence electrons. The van der Waals surface area contributed by atoms with Gasteiger partial charge >= 0.3 is 6.18 Å². The highest BCUT2D eigenvalue weighted by atomic mass is 19.4. The van der Waals surface area contributed by atoms with Crippen molar-refractivity contribution in [2.45, 2.75) is 6.18 Å². The Labute approximate surface area is 107 Å². The van der Waals surface area contributed by atoms with Crippen LogP contribution in [0.1, 0.15) is 10.5 Å². The van der Waals surface area contributed by atoms with Gasteiger partial charge in [0, 0.05) is 6.54 Å². The quantitative estimate of drug-likeness (QED) is 0.404. The van der Waals surface area contributed by atoms with E-state index in [2.05, 4.69) is 20.5 Å². The molecular weight excluding hydrogens is 265 g/mol. The number of halogens is 3. The molecule has 0 radical (unpaired) electrons. The number of anilines is 1. The largest absolute Gasteiger partial charge is 0.411 e. The van der Waals surface area contributed by atoms with Crippen molar-refractivity contribution in [3.8, 4) is 0 Å². The van der Waals surface area contributed by atoms with Crippen molar-refractivity contribution < 1.29 is 22.7 Å². The van der Waals surface area contributed by atoms with E-state index in [1.165, 1.54) is 12.3 Å². The molecule has 0 aliphatic heterocycles. The molecule has 0 fully saturated rings. The lowest BCUT2D eigenvalue weighted by Gasteiger charge is -2.08. The molecule has 4 N–H and O–H groups in total. The van der Waals surface area contributed by atoms with Crippen LogP contribution >= 0.6 is 0 Å². The van der Waals surface area contributed by atoms with E-state index in [9.17, 15) is 18.0 Å². The number of ether oxygens (including phenoxy) is 1. The van der Waals surface area contributed by atoms with Gasteiger partial charge in [0.1, 0.15) is 12.3 Å². The van der Waals surface area contributed by atoms with E-state index in [0.29, 0.717) is 5.69 Å². The van der Waals surface area contributed by atoms with Crippen LogP contribution in [-0.4, -0.2) is 36.8 Å². The van der Waals surface area contributed by atoms with Gasteiger partial charge < -0.3 is 15.5 Å². The predicted molar refractivity (Wildman–Crippen MR) is 61.3 cm³/mol. The second-order valence-electron chi connectivity index (χ2n) is 3.50. The van der Waals surface area contributed by atoms with Crippen molar-refractivity contribution in [3.63, 3.8) is 0 Å². The summed E-state index contributed by atoms with van der Waals surface area (Å²) in [7, 11) is 0. The summed E-state index contributed by atoms with van der Waals surface area (Å²) in [5.41, 5.74) is 3.01. The predicted octanol–water partition coefficient (Wildman–Crippen LogP) is 0.676. The van der Waals surface area contributed by atoms with Gasteiger partial charge in [0.05, 0.1) is 18.5 Å². The molecule has 9 heteroatoms. The van der Waals surface area contributed by atoms with Crippen molar-refractivity contribution in [3.05, 3.63) is 24.0 Å². The molecule has 1 aromatic rings. The molecule has 0 saturated heterocycles. The SMILES string of the molecule is NNc1ccc(C(=O)NCCOCC(F)(F)F)nc1. The number of pyridine rings is 1. The maximum Gasteiger partial charge on any atom is 0.411 e. The molecule has 0 spiro atoms. The number of hydrazine groups is 1. The number of alkyl halides is 3. The summed E-state index contributed by atoms with van der Waals surface area (Å²) in [5.74, 6) is 4.62. The van der Waals surface area contributed by atoms with Crippen molar-refractivity contribution in [2.24, 2.45) is 5.84 Å². The Kier molecular flexibility index (Phi) is 5.52. The smallest absolute Gasteiger partial charge is 0.370 e. The maximum absolute atomic E-state index is 11.7. The van der Waals surface area contributed by atoms with Crippen molar-refractivity contribution in [2.75, 3.05) is 25.2 Å². The molecule has 0 bridgehead atoms. The minimum absolute atomic E-state index is 0.0342. The first kappa shape index (κ1) is 15.2. The standard InChI is InChI=1S/C10H13F3N4O2/c11-10(12,13)6-19-4-3-15-9(18)8-2-1-7(17-14)5-16-8/h1-2,5,17H,3-4,6,14H2,(H,15,18). The van der Waals surface area contributed by atoms with E-state index in [0.717, 1.165) is 0 Å². The lowest BCUT2D eigenvalue weighted by Crippen LogP contribution is -2.29. The van der Waals surface area contributed by atoms with Crippen LogP contribution in [0.5, 0.6) is 0 Å². The third kappa shape index (κ3) is 6.02. The van der Waals surface area contributed by atoms with Crippen LogP contribution < -0.4 is 16.6 Å². The second-order valence-corrected chi connectivity index (χ2v) is 3.50. The Morgan fingerprint density at radius 1 is 1.42 bits per heavy atom. The molecule has 0 saturated carbocycles. The Morgan fingerprint density at radius 2 is 2.16 bits per heavy atom. The monoisotopic (exact) mass is 278 g/mol. The maximum atomic E-state index is 11.7. The van der Waals surface area contributed by atoms with Crippen LogP contribution in [0.25, 0.3) is 0 Å². The van der Waals surface area contributed by atoms with Gasteiger partial charge in [-0.1, -0.05) is 0 Å². The van der Waals surface area contributed by atoms with E-state index in [-0.39, 0.29) is 18.8 Å². The van der Waals surface area contributed by atoms with Gasteiger partial charge in [-0.3, -0.25) is 10.6 Å². The summed E-state index contributed by atoms with van der Waals surface area (Å²) < 4.78 is 39.6. The first-order valence-electron chi connectivity index (χ1n) is 5.28. The number of nitrogen functional groups attached to an aromatic ring is 1. The molecule has 0 aliphatic carbocycles. The Balaban J connectivity index is 2.27. The number of hydrogen-bond acceptors (Lipinski definition) is 5. The van der Waals surface area contributed by atoms with Crippen LogP contribution in [0.2, 0.25) is 0 Å². The molecule has 0 atom stereocenters. The first-order chi connectivity index (χ1) is 8.92. The number of hydrogen-bond donors (Lipinski definition) is 3. The van der Waals surface area contributed by atoms with Crippen molar-refractivity contribution in [1.29, 1.82) is 0 Å². The molecule has 1 amide bonds. The van der Waals surface area contributed by atoms with Crippen LogP contribution in [0.3, 0.4) is 0 Å². The third-order valence-electron chi connectivity index (χ3n) is 1.96. The van der Waals surface area contributed by atoms with Gasteiger partial charge in [0.25, 0.3) is 5.91 Å². The molecule has 0 aliphatic rings. The van der Waals surface area contributed by atoms with Gasteiger partial charge in [-0.05, 0) is 12.1 Å². The lowest BCUT2D eigenvalue weighted by molar-refractivity contribution is -0.173. The molecular formula is C10H13F3N4O2. The van der Waals surface area contributed by atoms with Crippen LogP contribution in [-0.2, 0) is 4.74 Å². The summed E-state index contributed by atoms with van der Waals surface area (Å²) in [6.45, 7) is -1.60. The Morgan fingerprint density at radius 3 is 2.68 bits per heavy atom. The molecule has 1 heterocycles. The number of carbonyl (C=O) groups is 1. The van der Waals surface area contributed by atoms with E-state index in [1.54, 1.807) is 6.07 Å². The lowest BCUT2D eigenvalue weighted by atomic mass is 10.3. The summed E-state index contributed by atoms with van der Waals surface area (Å²) in [5, 5.41) is 2.38. The number of amides is 1. The van der Waals surface area contributed by atoms with Crippen molar-refractivity contribution in [1.82, 2.24) is 10.3 Å². The fraction of sp³-hybridized carbons (Fsp3) is 0.400. The number of nitrogens with one attached hydrogen (secondary N) is 2. The van der Waals surface area contributed by atoms with Gasteiger partial charge in [0.2, 0.25) is 0 Å². The highest BCUT2D eigenvalue weighted by molar-refractivity contribution is 5.92. The zero-order valence-corrected chi connectivity index (χ0v) is 9.83. The molecule has 1 aromatic heterocycles. The normalized spacial score (nSPS) is 11.2. The molecule has 19 heavy (non-hydrogen) atoms. The average molecular weight is 278 g/mol. The fourth-order valence-electron chi connectivity index (χ4n) is 1.13. The van der Waals surface area contributed by atoms with E-state index < -0.39 is 18.7 Å². The number of nitrogens with zero attached hydrogens (tertiary/aromatic N) is 1. The minimum Gasteiger partial charge on any atom is -0.370 e. The summed E-state index contributed by atoms with van der Waals surface area (Å²) in [6, 6.07) is 2.98. The molecule has 0 unspecified atom stereocenters. The minimum atomic E-state index is -4.36. The highest BCUT2D eigenvalue weighted by Gasteiger charge is 2.27. The van der Waals surface area contributed by atoms with E-state index >= 15 is 0 Å². The summed E-state index contributed by atoms with van der Waals surface area (Å²) in [6.07, 6.45) is -3.01. The van der Waals surface area contributed by atoms with Crippen LogP contribution in [0.15, 0.2) is 18.3 Å². The average Bonchev–Trinajstić information content (AvgIpc) is 2.37. The molecule has 1 rings (SSSR count). The second kappa shape index (κ2) is 6.90. The van der Waals surface area contributed by atoms with E-state index in [1.807, 2.05) is 0 Å². The fourth-order valence-corrected chi connectivity index (χ4v) is 1.13. The Hall–Kier alpha value is -1.87. The molecule has 6 nitrogen and oxygen atoms in total. The number of carbonyl (C=O) groups excluding carboxylic acids is 1. The number of nitrogens with two attached hydrogens (primary N) is 1. The first-order valence-corrected chi connectivity index (χ1v) is 5.28.